The SMILES string of the molecule is Cc1ccc(S(=O)(=O)N2CC3=CSC[C@]3(C(=O)OC(C)(C)C)[C@@H]2c2ccc(F)cc2)cc1. The van der Waals surface area contributed by atoms with E-state index in [4.69, 9.17) is 4.74 Å². The molecule has 0 N–H and O–H groups in total. The molecule has 0 radical (unpaired) electrons. The minimum absolute atomic E-state index is 0.0739. The molecule has 1 fully saturated rings. The number of hydrogen-bond acceptors (Lipinski definition) is 5. The maximum absolute atomic E-state index is 13.7. The average molecular weight is 476 g/mol. The van der Waals surface area contributed by atoms with E-state index >= 15 is 0 Å². The minimum atomic E-state index is -3.94. The Labute approximate surface area is 192 Å². The zero-order valence-electron chi connectivity index (χ0n) is 18.5. The molecule has 5 nitrogen and oxygen atoms in total. The summed E-state index contributed by atoms with van der Waals surface area (Å²) in [5.41, 5.74) is 0.302. The fraction of sp³-hybridized carbons (Fsp3) is 0.375. The second-order valence-electron chi connectivity index (χ2n) is 9.24. The quantitative estimate of drug-likeness (QED) is 0.592. The summed E-state index contributed by atoms with van der Waals surface area (Å²) in [6.45, 7) is 7.32. The van der Waals surface area contributed by atoms with Gasteiger partial charge < -0.3 is 4.74 Å². The Morgan fingerprint density at radius 3 is 2.34 bits per heavy atom. The molecule has 0 bridgehead atoms. The number of carbonyl (C=O) groups excluding carboxylic acids is 1. The molecule has 0 aromatic heterocycles. The Morgan fingerprint density at radius 1 is 1.12 bits per heavy atom. The summed E-state index contributed by atoms with van der Waals surface area (Å²) in [4.78, 5) is 13.8. The number of rotatable bonds is 4. The van der Waals surface area contributed by atoms with Crippen molar-refractivity contribution in [2.75, 3.05) is 12.3 Å². The van der Waals surface area contributed by atoms with Gasteiger partial charge in [0.2, 0.25) is 10.0 Å². The van der Waals surface area contributed by atoms with Crippen molar-refractivity contribution in [2.24, 2.45) is 5.41 Å². The van der Waals surface area contributed by atoms with Gasteiger partial charge in [-0.15, -0.1) is 11.8 Å². The lowest BCUT2D eigenvalue weighted by molar-refractivity contribution is -0.165. The van der Waals surface area contributed by atoms with E-state index in [1.165, 1.54) is 28.2 Å². The molecule has 32 heavy (non-hydrogen) atoms. The lowest BCUT2D eigenvalue weighted by Gasteiger charge is -2.36. The van der Waals surface area contributed by atoms with Gasteiger partial charge in [-0.3, -0.25) is 4.79 Å². The normalized spacial score (nSPS) is 23.7. The van der Waals surface area contributed by atoms with Crippen LogP contribution in [0.3, 0.4) is 0 Å². The number of thioether (sulfide) groups is 1. The highest BCUT2D eigenvalue weighted by Crippen LogP contribution is 2.58. The second kappa shape index (κ2) is 8.01. The smallest absolute Gasteiger partial charge is 0.319 e. The third kappa shape index (κ3) is 3.89. The van der Waals surface area contributed by atoms with Gasteiger partial charge in [-0.25, -0.2) is 12.8 Å². The van der Waals surface area contributed by atoms with Crippen molar-refractivity contribution >= 4 is 27.8 Å². The summed E-state index contributed by atoms with van der Waals surface area (Å²) in [6.07, 6.45) is 0. The maximum atomic E-state index is 13.7. The number of fused-ring (bicyclic) bond motifs is 1. The Kier molecular flexibility index (Phi) is 5.76. The van der Waals surface area contributed by atoms with E-state index in [9.17, 15) is 17.6 Å². The molecular formula is C24H26FNO4S2. The highest BCUT2D eigenvalue weighted by molar-refractivity contribution is 8.02. The van der Waals surface area contributed by atoms with Crippen LogP contribution in [0.4, 0.5) is 4.39 Å². The van der Waals surface area contributed by atoms with Crippen molar-refractivity contribution in [3.8, 4) is 0 Å². The van der Waals surface area contributed by atoms with Crippen LogP contribution >= 0.6 is 11.8 Å². The molecule has 2 atom stereocenters. The third-order valence-electron chi connectivity index (χ3n) is 5.77. The molecule has 2 heterocycles. The molecule has 1 saturated heterocycles. The van der Waals surface area contributed by atoms with Gasteiger partial charge in [0, 0.05) is 12.3 Å². The number of esters is 1. The first kappa shape index (κ1) is 23.0. The Balaban J connectivity index is 1.88. The zero-order valence-corrected chi connectivity index (χ0v) is 20.1. The van der Waals surface area contributed by atoms with E-state index in [0.29, 0.717) is 16.9 Å². The molecule has 8 heteroatoms. The lowest BCUT2D eigenvalue weighted by Crippen LogP contribution is -2.44. The number of carbonyl (C=O) groups is 1. The van der Waals surface area contributed by atoms with Gasteiger partial charge in [0.05, 0.1) is 10.9 Å². The van der Waals surface area contributed by atoms with Crippen LogP contribution < -0.4 is 0 Å². The highest BCUT2D eigenvalue weighted by Gasteiger charge is 2.62. The van der Waals surface area contributed by atoms with E-state index < -0.39 is 38.9 Å². The number of halogens is 1. The molecule has 0 unspecified atom stereocenters. The number of hydrogen-bond donors (Lipinski definition) is 0. The molecule has 0 aliphatic carbocycles. The van der Waals surface area contributed by atoms with E-state index in [0.717, 1.165) is 5.56 Å². The average Bonchev–Trinajstić information content (AvgIpc) is 3.26. The van der Waals surface area contributed by atoms with Gasteiger partial charge in [-0.05, 0) is 68.5 Å². The van der Waals surface area contributed by atoms with Crippen molar-refractivity contribution in [3.05, 3.63) is 76.5 Å². The number of aryl methyl sites for hydroxylation is 1. The van der Waals surface area contributed by atoms with Gasteiger partial charge in [-0.2, -0.15) is 4.31 Å². The summed E-state index contributed by atoms with van der Waals surface area (Å²) < 4.78 is 48.4. The van der Waals surface area contributed by atoms with Crippen LogP contribution in [-0.2, 0) is 19.6 Å². The van der Waals surface area contributed by atoms with Gasteiger partial charge in [0.1, 0.15) is 16.8 Å². The Morgan fingerprint density at radius 2 is 1.75 bits per heavy atom. The first-order valence-corrected chi connectivity index (χ1v) is 12.8. The molecule has 0 spiro atoms. The zero-order chi connectivity index (χ0) is 23.3. The number of benzene rings is 2. The molecular weight excluding hydrogens is 449 g/mol. The summed E-state index contributed by atoms with van der Waals surface area (Å²) in [5, 5.41) is 1.87. The van der Waals surface area contributed by atoms with Crippen molar-refractivity contribution in [2.45, 2.75) is 44.2 Å². The molecule has 0 amide bonds. The minimum Gasteiger partial charge on any atom is -0.459 e. The van der Waals surface area contributed by atoms with E-state index in [-0.39, 0.29) is 11.4 Å². The number of sulfonamides is 1. The Hall–Kier alpha value is -2.16. The van der Waals surface area contributed by atoms with Crippen molar-refractivity contribution < 1.29 is 22.3 Å². The molecule has 2 aliphatic rings. The van der Waals surface area contributed by atoms with Gasteiger partial charge >= 0.3 is 5.97 Å². The van der Waals surface area contributed by atoms with Crippen molar-refractivity contribution in [1.29, 1.82) is 0 Å². The van der Waals surface area contributed by atoms with Gasteiger partial charge in [0.25, 0.3) is 0 Å². The highest BCUT2D eigenvalue weighted by atomic mass is 32.2. The molecule has 0 saturated carbocycles. The maximum Gasteiger partial charge on any atom is 0.319 e. The van der Waals surface area contributed by atoms with E-state index in [1.807, 2.05) is 12.3 Å². The van der Waals surface area contributed by atoms with Crippen molar-refractivity contribution in [1.82, 2.24) is 4.31 Å². The predicted molar refractivity (Wildman–Crippen MR) is 123 cm³/mol. The van der Waals surface area contributed by atoms with Crippen LogP contribution in [0.1, 0.15) is 37.9 Å². The van der Waals surface area contributed by atoms with Crippen LogP contribution in [0.25, 0.3) is 0 Å². The van der Waals surface area contributed by atoms with E-state index in [2.05, 4.69) is 0 Å². The molecule has 4 rings (SSSR count). The van der Waals surface area contributed by atoms with Gasteiger partial charge in [0.15, 0.2) is 0 Å². The summed E-state index contributed by atoms with van der Waals surface area (Å²) >= 11 is 1.47. The molecule has 2 aromatic carbocycles. The topological polar surface area (TPSA) is 63.7 Å². The standard InChI is InChI=1S/C24H26FNO4S2/c1-16-5-11-20(12-6-16)32(28,29)26-13-18-14-31-15-24(18,22(27)30-23(2,3)4)21(26)17-7-9-19(25)10-8-17/h5-12,14,21H,13,15H2,1-4H3/t21-,24+/m0/s1. The summed E-state index contributed by atoms with van der Waals surface area (Å²) in [5.74, 6) is -0.529. The summed E-state index contributed by atoms with van der Waals surface area (Å²) in [7, 11) is -3.94. The fourth-order valence-electron chi connectivity index (χ4n) is 4.25. The molecule has 2 aromatic rings. The summed E-state index contributed by atoms with van der Waals surface area (Å²) in [6, 6.07) is 11.5. The van der Waals surface area contributed by atoms with Crippen molar-refractivity contribution in [3.63, 3.8) is 0 Å². The van der Waals surface area contributed by atoms with E-state index in [1.54, 1.807) is 57.2 Å². The predicted octanol–water partition coefficient (Wildman–Crippen LogP) is 4.84. The first-order chi connectivity index (χ1) is 14.9. The fourth-order valence-corrected chi connectivity index (χ4v) is 7.18. The van der Waals surface area contributed by atoms with Gasteiger partial charge in [-0.1, -0.05) is 29.8 Å². The van der Waals surface area contributed by atoms with Crippen LogP contribution in [0.15, 0.2) is 64.4 Å². The van der Waals surface area contributed by atoms with Crippen LogP contribution in [0.2, 0.25) is 0 Å². The van der Waals surface area contributed by atoms with Crippen LogP contribution in [-0.4, -0.2) is 36.6 Å². The first-order valence-electron chi connectivity index (χ1n) is 10.3. The van der Waals surface area contributed by atoms with Crippen LogP contribution in [0.5, 0.6) is 0 Å². The largest absolute Gasteiger partial charge is 0.459 e. The second-order valence-corrected chi connectivity index (χ2v) is 12.0. The van der Waals surface area contributed by atoms with Crippen LogP contribution in [0, 0.1) is 18.2 Å². The molecule has 2 aliphatic heterocycles. The number of ether oxygens (including phenoxy) is 1. The molecule has 170 valence electrons. The Bertz CT molecular complexity index is 1170. The number of nitrogens with zero attached hydrogens (tertiary/aromatic N) is 1. The lowest BCUT2D eigenvalue weighted by atomic mass is 9.76. The monoisotopic (exact) mass is 475 g/mol. The third-order valence-corrected chi connectivity index (χ3v) is 8.67.